The van der Waals surface area contributed by atoms with Gasteiger partial charge in [-0.2, -0.15) is 0 Å². The van der Waals surface area contributed by atoms with Crippen LogP contribution in [0.1, 0.15) is 24.2 Å². The quantitative estimate of drug-likeness (QED) is 0.625. The number of piperazine rings is 1. The van der Waals surface area contributed by atoms with Crippen LogP contribution in [-0.2, 0) is 9.59 Å². The van der Waals surface area contributed by atoms with Crippen LogP contribution in [0.25, 0.3) is 0 Å². The van der Waals surface area contributed by atoms with Gasteiger partial charge in [-0.3, -0.25) is 19.7 Å². The molecule has 20 heavy (non-hydrogen) atoms. The van der Waals surface area contributed by atoms with Gasteiger partial charge in [0.15, 0.2) is 0 Å². The van der Waals surface area contributed by atoms with Crippen LogP contribution in [0, 0.1) is 0 Å². The second-order valence-corrected chi connectivity index (χ2v) is 5.60. The van der Waals surface area contributed by atoms with E-state index in [1.807, 2.05) is 0 Å². The maximum Gasteiger partial charge on any atom is 0.255 e. The van der Waals surface area contributed by atoms with Gasteiger partial charge >= 0.3 is 0 Å². The molecule has 106 valence electrons. The number of hydrogen-bond acceptors (Lipinski definition) is 4. The van der Waals surface area contributed by atoms with Gasteiger partial charge in [-0.1, -0.05) is 23.2 Å². The molecule has 3 amide bonds. The third kappa shape index (κ3) is 2.62. The molecule has 0 atom stereocenters. The Morgan fingerprint density at radius 1 is 1.30 bits per heavy atom. The molecular formula is C12H11Cl2N3O3. The highest BCUT2D eigenvalue weighted by Gasteiger charge is 2.43. The van der Waals surface area contributed by atoms with Crippen molar-refractivity contribution in [3.63, 3.8) is 0 Å². The van der Waals surface area contributed by atoms with Crippen molar-refractivity contribution in [2.75, 3.05) is 6.54 Å². The molecule has 1 aliphatic rings. The standard InChI is InChI=1S/C12H11Cl2N3O3/c1-12(2)11(20)16-9(18)5-17(12)10(19)6-3-7(13)15-8(14)4-6/h3-4H,5H2,1-2H3,(H,16,18,20). The van der Waals surface area contributed by atoms with Gasteiger partial charge in [0, 0.05) is 5.56 Å². The van der Waals surface area contributed by atoms with Gasteiger partial charge < -0.3 is 4.90 Å². The molecule has 0 unspecified atom stereocenters. The summed E-state index contributed by atoms with van der Waals surface area (Å²) in [6.07, 6.45) is 0. The fraction of sp³-hybridized carbons (Fsp3) is 0.333. The second kappa shape index (κ2) is 5.03. The van der Waals surface area contributed by atoms with Gasteiger partial charge in [0.2, 0.25) is 5.91 Å². The summed E-state index contributed by atoms with van der Waals surface area (Å²) in [4.78, 5) is 40.6. The maximum absolute atomic E-state index is 12.5. The molecule has 1 saturated heterocycles. The first kappa shape index (κ1) is 14.7. The van der Waals surface area contributed by atoms with Crippen molar-refractivity contribution >= 4 is 40.9 Å². The van der Waals surface area contributed by atoms with E-state index >= 15 is 0 Å². The molecule has 2 heterocycles. The number of nitrogens with one attached hydrogen (secondary N) is 1. The summed E-state index contributed by atoms with van der Waals surface area (Å²) in [6, 6.07) is 2.67. The summed E-state index contributed by atoms with van der Waals surface area (Å²) >= 11 is 11.5. The highest BCUT2D eigenvalue weighted by Crippen LogP contribution is 2.23. The van der Waals surface area contributed by atoms with Crippen molar-refractivity contribution in [1.29, 1.82) is 0 Å². The molecule has 0 radical (unpaired) electrons. The molecule has 0 spiro atoms. The topological polar surface area (TPSA) is 79.4 Å². The van der Waals surface area contributed by atoms with Gasteiger partial charge in [-0.25, -0.2) is 4.98 Å². The van der Waals surface area contributed by atoms with Crippen molar-refractivity contribution in [2.24, 2.45) is 0 Å². The number of carbonyl (C=O) groups excluding carboxylic acids is 3. The van der Waals surface area contributed by atoms with Crippen LogP contribution in [0.15, 0.2) is 12.1 Å². The van der Waals surface area contributed by atoms with E-state index in [0.29, 0.717) is 0 Å². The highest BCUT2D eigenvalue weighted by molar-refractivity contribution is 6.33. The molecular weight excluding hydrogens is 305 g/mol. The minimum Gasteiger partial charge on any atom is -0.315 e. The first-order valence-corrected chi connectivity index (χ1v) is 6.47. The molecule has 0 saturated carbocycles. The maximum atomic E-state index is 12.5. The predicted octanol–water partition coefficient (Wildman–Crippen LogP) is 1.27. The lowest BCUT2D eigenvalue weighted by Crippen LogP contribution is -2.65. The van der Waals surface area contributed by atoms with E-state index in [4.69, 9.17) is 23.2 Å². The van der Waals surface area contributed by atoms with Crippen LogP contribution in [0.4, 0.5) is 0 Å². The smallest absolute Gasteiger partial charge is 0.255 e. The Morgan fingerprint density at radius 2 is 1.85 bits per heavy atom. The summed E-state index contributed by atoms with van der Waals surface area (Å²) in [7, 11) is 0. The number of rotatable bonds is 1. The third-order valence-electron chi connectivity index (χ3n) is 3.04. The summed E-state index contributed by atoms with van der Waals surface area (Å²) < 4.78 is 0. The SMILES string of the molecule is CC1(C)C(=O)NC(=O)CN1C(=O)c1cc(Cl)nc(Cl)c1. The third-order valence-corrected chi connectivity index (χ3v) is 3.43. The Labute approximate surface area is 125 Å². The lowest BCUT2D eigenvalue weighted by molar-refractivity contribution is -0.143. The molecule has 8 heteroatoms. The minimum absolute atomic E-state index is 0.0615. The van der Waals surface area contributed by atoms with Crippen LogP contribution in [0.2, 0.25) is 10.3 Å². The van der Waals surface area contributed by atoms with E-state index in [2.05, 4.69) is 10.3 Å². The summed E-state index contributed by atoms with van der Waals surface area (Å²) in [5.74, 6) is -1.58. The van der Waals surface area contributed by atoms with Crippen molar-refractivity contribution in [3.05, 3.63) is 28.0 Å². The average Bonchev–Trinajstić information content (AvgIpc) is 2.32. The summed E-state index contributed by atoms with van der Waals surface area (Å²) in [5.41, 5.74) is -0.974. The largest absolute Gasteiger partial charge is 0.315 e. The Bertz CT molecular complexity index is 596. The molecule has 0 aliphatic carbocycles. The van der Waals surface area contributed by atoms with E-state index < -0.39 is 23.3 Å². The van der Waals surface area contributed by atoms with Crippen LogP contribution in [0.3, 0.4) is 0 Å². The van der Waals surface area contributed by atoms with Crippen LogP contribution in [-0.4, -0.2) is 39.7 Å². The highest BCUT2D eigenvalue weighted by atomic mass is 35.5. The molecule has 0 bridgehead atoms. The number of pyridine rings is 1. The Kier molecular flexibility index (Phi) is 3.71. The number of carbonyl (C=O) groups is 3. The van der Waals surface area contributed by atoms with Gasteiger partial charge in [0.1, 0.15) is 22.4 Å². The van der Waals surface area contributed by atoms with E-state index in [1.165, 1.54) is 17.0 Å². The number of amides is 3. The number of nitrogens with zero attached hydrogens (tertiary/aromatic N) is 2. The van der Waals surface area contributed by atoms with Crippen molar-refractivity contribution < 1.29 is 14.4 Å². The predicted molar refractivity (Wildman–Crippen MR) is 72.5 cm³/mol. The molecule has 1 fully saturated rings. The molecule has 0 aromatic carbocycles. The van der Waals surface area contributed by atoms with Gasteiger partial charge in [-0.15, -0.1) is 0 Å². The van der Waals surface area contributed by atoms with Gasteiger partial charge in [0.25, 0.3) is 11.8 Å². The molecule has 6 nitrogen and oxygen atoms in total. The van der Waals surface area contributed by atoms with E-state index in [-0.39, 0.29) is 22.4 Å². The molecule has 2 rings (SSSR count). The number of aromatic nitrogens is 1. The zero-order valence-electron chi connectivity index (χ0n) is 10.7. The Balaban J connectivity index is 2.40. The first-order chi connectivity index (χ1) is 9.21. The van der Waals surface area contributed by atoms with Crippen molar-refractivity contribution in [1.82, 2.24) is 15.2 Å². The lowest BCUT2D eigenvalue weighted by atomic mass is 9.97. The number of imide groups is 1. The fourth-order valence-corrected chi connectivity index (χ4v) is 2.31. The zero-order valence-corrected chi connectivity index (χ0v) is 12.2. The Morgan fingerprint density at radius 3 is 2.40 bits per heavy atom. The van der Waals surface area contributed by atoms with Crippen LogP contribution < -0.4 is 5.32 Å². The first-order valence-electron chi connectivity index (χ1n) is 5.71. The van der Waals surface area contributed by atoms with E-state index in [9.17, 15) is 14.4 Å². The molecule has 1 N–H and O–H groups in total. The lowest BCUT2D eigenvalue weighted by Gasteiger charge is -2.40. The van der Waals surface area contributed by atoms with Crippen LogP contribution in [0.5, 0.6) is 0 Å². The number of halogens is 2. The monoisotopic (exact) mass is 315 g/mol. The minimum atomic E-state index is -1.15. The molecule has 1 aromatic heterocycles. The van der Waals surface area contributed by atoms with Gasteiger partial charge in [0.05, 0.1) is 0 Å². The average molecular weight is 316 g/mol. The van der Waals surface area contributed by atoms with Crippen molar-refractivity contribution in [3.8, 4) is 0 Å². The molecule has 1 aromatic rings. The summed E-state index contributed by atoms with van der Waals surface area (Å²) in [5, 5.41) is 2.32. The van der Waals surface area contributed by atoms with E-state index in [1.54, 1.807) is 13.8 Å². The van der Waals surface area contributed by atoms with Gasteiger partial charge in [-0.05, 0) is 26.0 Å². The second-order valence-electron chi connectivity index (χ2n) is 4.83. The van der Waals surface area contributed by atoms with Crippen molar-refractivity contribution in [2.45, 2.75) is 19.4 Å². The van der Waals surface area contributed by atoms with E-state index in [0.717, 1.165) is 0 Å². The Hall–Kier alpha value is -1.66. The normalized spacial score (nSPS) is 17.9. The summed E-state index contributed by atoms with van der Waals surface area (Å²) in [6.45, 7) is 2.89. The number of hydrogen-bond donors (Lipinski definition) is 1. The fourth-order valence-electron chi connectivity index (χ4n) is 1.85. The molecule has 1 aliphatic heterocycles. The van der Waals surface area contributed by atoms with Crippen LogP contribution >= 0.6 is 23.2 Å². The zero-order chi connectivity index (χ0) is 15.1.